The number of nitrogens with one attached hydrogen (secondary N) is 1. The molecule has 2 rings (SSSR count). The van der Waals surface area contributed by atoms with Gasteiger partial charge in [-0.2, -0.15) is 15.5 Å². The zero-order chi connectivity index (χ0) is 40.5. The monoisotopic (exact) mass is 779 g/mol. The smallest absolute Gasteiger partial charge is 0.352 e. The van der Waals surface area contributed by atoms with E-state index in [1.165, 1.54) is 33.1 Å². The van der Waals surface area contributed by atoms with Crippen LogP contribution < -0.4 is 11.0 Å². The number of carbonyl (C=O) groups is 1. The molecule has 1 fully saturated rings. The van der Waals surface area contributed by atoms with Gasteiger partial charge in [-0.05, 0) is 118 Å². The summed E-state index contributed by atoms with van der Waals surface area (Å²) in [5, 5.41) is 20.2. The fourth-order valence-corrected chi connectivity index (χ4v) is 6.87. The Morgan fingerprint density at radius 2 is 1.35 bits per heavy atom. The summed E-state index contributed by atoms with van der Waals surface area (Å²) in [6.45, 7) is 12.5. The third-order valence-electron chi connectivity index (χ3n) is 8.89. The van der Waals surface area contributed by atoms with Gasteiger partial charge in [0, 0.05) is 12.6 Å². The lowest BCUT2D eigenvalue weighted by Gasteiger charge is -2.20. The standard InChI is InChI=1S/C42H62N5O7P/c1-33(2)14-9-17-36(5)20-10-18-34(3)15-7-8-16-35(4)19-11-21-37(6)22-24-40(48)45-39-26-29-47(42(49)46-39)41-25-23-38(54-41)32-53-55(50,51-30-12-27-43)52-31-13-28-44/h14-16,20-21,26,29,38,41H,7-13,17-19,22-25,30-32H2,1-6H3,(H,45,46,48,49)/b34-15+,35-16+,36-20+,37-21+/t38-,41+/m0/s1. The first-order valence-electron chi connectivity index (χ1n) is 19.4. The molecule has 1 saturated heterocycles. The van der Waals surface area contributed by atoms with E-state index in [-0.39, 0.29) is 50.8 Å². The maximum absolute atomic E-state index is 12.9. The van der Waals surface area contributed by atoms with Crippen LogP contribution in [0.1, 0.15) is 138 Å². The Labute approximate surface area is 328 Å². The molecule has 1 aliphatic rings. The molecule has 0 aliphatic carbocycles. The summed E-state index contributed by atoms with van der Waals surface area (Å²) in [5.74, 6) is -0.0608. The van der Waals surface area contributed by atoms with Crippen molar-refractivity contribution in [3.63, 3.8) is 0 Å². The summed E-state index contributed by atoms with van der Waals surface area (Å²) in [7, 11) is -4.00. The fourth-order valence-electron chi connectivity index (χ4n) is 5.67. The second kappa shape index (κ2) is 26.8. The van der Waals surface area contributed by atoms with Crippen LogP contribution in [0.5, 0.6) is 0 Å². The molecule has 13 heteroatoms. The molecule has 1 N–H and O–H groups in total. The van der Waals surface area contributed by atoms with Gasteiger partial charge in [-0.1, -0.05) is 58.2 Å². The average Bonchev–Trinajstić information content (AvgIpc) is 3.61. The van der Waals surface area contributed by atoms with Crippen molar-refractivity contribution in [2.24, 2.45) is 0 Å². The molecule has 0 spiro atoms. The number of allylic oxidation sites excluding steroid dienone is 10. The quantitative estimate of drug-likeness (QED) is 0.0543. The molecular weight excluding hydrogens is 717 g/mol. The molecule has 1 aromatic rings. The van der Waals surface area contributed by atoms with Crippen LogP contribution >= 0.6 is 7.82 Å². The lowest BCUT2D eigenvalue weighted by molar-refractivity contribution is -0.116. The van der Waals surface area contributed by atoms with E-state index in [9.17, 15) is 14.2 Å². The number of hydrogen-bond acceptors (Lipinski definition) is 10. The van der Waals surface area contributed by atoms with Crippen LogP contribution in [0.3, 0.4) is 0 Å². The van der Waals surface area contributed by atoms with Crippen LogP contribution in [0.25, 0.3) is 0 Å². The van der Waals surface area contributed by atoms with Crippen molar-refractivity contribution < 1.29 is 27.7 Å². The number of ether oxygens (including phenoxy) is 1. The minimum Gasteiger partial charge on any atom is -0.352 e. The summed E-state index contributed by atoms with van der Waals surface area (Å²) in [6.07, 6.45) is 22.3. The zero-order valence-corrected chi connectivity index (χ0v) is 34.7. The Bertz CT molecular complexity index is 1680. The van der Waals surface area contributed by atoms with Crippen LogP contribution in [0, 0.1) is 22.7 Å². The molecule has 55 heavy (non-hydrogen) atoms. The summed E-state index contributed by atoms with van der Waals surface area (Å²) < 4.78 is 35.9. The van der Waals surface area contributed by atoms with Crippen LogP contribution in [0.15, 0.2) is 75.3 Å². The van der Waals surface area contributed by atoms with Gasteiger partial charge in [-0.3, -0.25) is 22.9 Å². The topological polar surface area (TPSA) is 166 Å². The molecule has 1 aromatic heterocycles. The van der Waals surface area contributed by atoms with Gasteiger partial charge in [0.15, 0.2) is 0 Å². The highest BCUT2D eigenvalue weighted by Gasteiger charge is 2.33. The largest absolute Gasteiger partial charge is 0.474 e. The van der Waals surface area contributed by atoms with Crippen molar-refractivity contribution >= 4 is 19.5 Å². The van der Waals surface area contributed by atoms with Gasteiger partial charge < -0.3 is 10.1 Å². The lowest BCUT2D eigenvalue weighted by atomic mass is 10.0. The number of nitriles is 2. The van der Waals surface area contributed by atoms with E-state index in [4.69, 9.17) is 28.8 Å². The average molecular weight is 780 g/mol. The fraction of sp³-hybridized carbons (Fsp3) is 0.595. The van der Waals surface area contributed by atoms with E-state index in [0.29, 0.717) is 19.3 Å². The van der Waals surface area contributed by atoms with E-state index in [1.807, 2.05) is 19.1 Å². The molecule has 12 nitrogen and oxygen atoms in total. The minimum absolute atomic E-state index is 0.00638. The number of rotatable bonds is 26. The van der Waals surface area contributed by atoms with E-state index in [2.05, 4.69) is 75.3 Å². The van der Waals surface area contributed by atoms with Crippen molar-refractivity contribution in [2.45, 2.75) is 144 Å². The predicted octanol–water partition coefficient (Wildman–Crippen LogP) is 10.5. The Morgan fingerprint density at radius 1 is 0.818 bits per heavy atom. The molecule has 1 amide bonds. The Morgan fingerprint density at radius 3 is 1.87 bits per heavy atom. The third kappa shape index (κ3) is 21.1. The zero-order valence-electron chi connectivity index (χ0n) is 33.8. The molecule has 0 radical (unpaired) electrons. The number of aromatic nitrogens is 2. The second-order valence-corrected chi connectivity index (χ2v) is 15.9. The molecule has 0 unspecified atom stereocenters. The van der Waals surface area contributed by atoms with Crippen molar-refractivity contribution in [1.82, 2.24) is 9.55 Å². The van der Waals surface area contributed by atoms with Crippen molar-refractivity contribution in [3.8, 4) is 12.1 Å². The molecule has 0 saturated carbocycles. The van der Waals surface area contributed by atoms with Gasteiger partial charge in [0.1, 0.15) is 12.0 Å². The van der Waals surface area contributed by atoms with Crippen LogP contribution in [0.4, 0.5) is 5.82 Å². The minimum atomic E-state index is -4.00. The first kappa shape index (κ1) is 47.3. The van der Waals surface area contributed by atoms with E-state index in [0.717, 1.165) is 56.9 Å². The third-order valence-corrected chi connectivity index (χ3v) is 10.4. The number of anilines is 1. The first-order chi connectivity index (χ1) is 26.3. The van der Waals surface area contributed by atoms with Crippen LogP contribution in [0.2, 0.25) is 0 Å². The van der Waals surface area contributed by atoms with Crippen molar-refractivity contribution in [3.05, 3.63) is 81.0 Å². The Balaban J connectivity index is 1.71. The molecule has 0 aromatic carbocycles. The molecule has 2 heterocycles. The van der Waals surface area contributed by atoms with Crippen molar-refractivity contribution in [1.29, 1.82) is 10.5 Å². The molecule has 1 aliphatic heterocycles. The maximum Gasteiger partial charge on any atom is 0.474 e. The van der Waals surface area contributed by atoms with Gasteiger partial charge in [-0.15, -0.1) is 0 Å². The highest BCUT2D eigenvalue weighted by molar-refractivity contribution is 7.48. The Hall–Kier alpha value is -3.90. The molecule has 302 valence electrons. The van der Waals surface area contributed by atoms with Gasteiger partial charge in [0.2, 0.25) is 5.91 Å². The first-order valence-corrected chi connectivity index (χ1v) is 20.9. The van der Waals surface area contributed by atoms with E-state index < -0.39 is 25.8 Å². The number of phosphoric ester groups is 1. The number of nitrogens with zero attached hydrogens (tertiary/aromatic N) is 4. The van der Waals surface area contributed by atoms with Gasteiger partial charge >= 0.3 is 13.5 Å². The van der Waals surface area contributed by atoms with Crippen LogP contribution in [-0.2, 0) is 27.7 Å². The van der Waals surface area contributed by atoms with Gasteiger partial charge in [-0.25, -0.2) is 9.36 Å². The number of unbranched alkanes of at least 4 members (excludes halogenated alkanes) is 1. The van der Waals surface area contributed by atoms with Crippen LogP contribution in [-0.4, -0.2) is 41.4 Å². The van der Waals surface area contributed by atoms with Gasteiger partial charge in [0.05, 0.1) is 50.9 Å². The normalized spacial score (nSPS) is 16.8. The summed E-state index contributed by atoms with van der Waals surface area (Å²) in [5.41, 5.74) is 6.24. The van der Waals surface area contributed by atoms with Gasteiger partial charge in [0.25, 0.3) is 0 Å². The predicted molar refractivity (Wildman–Crippen MR) is 217 cm³/mol. The lowest BCUT2D eigenvalue weighted by Crippen LogP contribution is -2.28. The van der Waals surface area contributed by atoms with E-state index in [1.54, 1.807) is 6.07 Å². The molecule has 0 bridgehead atoms. The second-order valence-electron chi connectivity index (χ2n) is 14.2. The summed E-state index contributed by atoms with van der Waals surface area (Å²) >= 11 is 0. The number of hydrogen-bond donors (Lipinski definition) is 1. The molecular formula is C42H62N5O7P. The SMILES string of the molecule is CC(C)=CCC/C(C)=C/CC/C(C)=C/CC/C=C(\C)CC/C=C(\C)CCC(=O)Nc1ccn([C@H]2CC[C@@H](COP(=O)(OCCC#N)OCCC#N)O2)c(=O)n1. The number of amides is 1. The summed E-state index contributed by atoms with van der Waals surface area (Å²) in [6, 6.07) is 5.32. The van der Waals surface area contributed by atoms with Crippen molar-refractivity contribution in [2.75, 3.05) is 25.1 Å². The summed E-state index contributed by atoms with van der Waals surface area (Å²) in [4.78, 5) is 29.5. The maximum atomic E-state index is 12.9. The highest BCUT2D eigenvalue weighted by atomic mass is 31.2. The van der Waals surface area contributed by atoms with E-state index >= 15 is 0 Å². The highest BCUT2D eigenvalue weighted by Crippen LogP contribution is 2.50. The Kier molecular flexibility index (Phi) is 23.0. The molecule has 2 atom stereocenters. The number of phosphoric acid groups is 1. The number of carbonyl (C=O) groups excluding carboxylic acids is 1.